The molecule has 1 atom stereocenters. The Balaban J connectivity index is 2.07. The van der Waals surface area contributed by atoms with Crippen molar-refractivity contribution in [2.24, 2.45) is 5.92 Å². The first-order valence-corrected chi connectivity index (χ1v) is 8.84. The minimum atomic E-state index is -0.576. The molecule has 1 heterocycles. The minimum absolute atomic E-state index is 0.00769. The lowest BCUT2D eigenvalue weighted by Gasteiger charge is -2.21. The molecule has 6 heteroatoms. The Bertz CT molecular complexity index is 656. The van der Waals surface area contributed by atoms with Crippen LogP contribution in [0.2, 0.25) is 0 Å². The first-order chi connectivity index (χ1) is 10.5. The molecule has 4 nitrogen and oxygen atoms in total. The van der Waals surface area contributed by atoms with Gasteiger partial charge in [0, 0.05) is 9.26 Å². The van der Waals surface area contributed by atoms with Gasteiger partial charge in [0.1, 0.15) is 6.04 Å². The molecular formula is C16H17IN2O2S. The molecule has 116 valence electrons. The summed E-state index contributed by atoms with van der Waals surface area (Å²) in [5.41, 5.74) is 0.730. The molecule has 1 aromatic carbocycles. The van der Waals surface area contributed by atoms with Crippen LogP contribution in [0.5, 0.6) is 0 Å². The molecule has 1 aromatic heterocycles. The largest absolute Gasteiger partial charge is 0.339 e. The van der Waals surface area contributed by atoms with Gasteiger partial charge in [0.2, 0.25) is 5.91 Å². The van der Waals surface area contributed by atoms with Gasteiger partial charge in [-0.2, -0.15) is 0 Å². The fraction of sp³-hybridized carbons (Fsp3) is 0.250. The van der Waals surface area contributed by atoms with E-state index in [1.54, 1.807) is 6.07 Å². The first-order valence-electron chi connectivity index (χ1n) is 6.88. The number of hydrogen-bond acceptors (Lipinski definition) is 3. The maximum atomic E-state index is 12.4. The standard InChI is InChI=1S/C16H17IN2O2S/c1-10(2)14(19-15(20)13-7-4-8-22-13)16(21)18-12-6-3-5-11(17)9-12/h3-10,14H,1-2H3,(H,18,21)(H,19,20). The van der Waals surface area contributed by atoms with Gasteiger partial charge in [0.05, 0.1) is 4.88 Å². The van der Waals surface area contributed by atoms with Crippen LogP contribution >= 0.6 is 33.9 Å². The van der Waals surface area contributed by atoms with E-state index in [0.717, 1.165) is 9.26 Å². The molecule has 22 heavy (non-hydrogen) atoms. The molecule has 0 saturated heterocycles. The number of hydrogen-bond donors (Lipinski definition) is 2. The van der Waals surface area contributed by atoms with Crippen LogP contribution in [-0.2, 0) is 4.79 Å². The van der Waals surface area contributed by atoms with E-state index in [4.69, 9.17) is 0 Å². The molecule has 0 aliphatic heterocycles. The number of rotatable bonds is 5. The normalized spacial score (nSPS) is 12.0. The minimum Gasteiger partial charge on any atom is -0.339 e. The molecule has 0 radical (unpaired) electrons. The quantitative estimate of drug-likeness (QED) is 0.713. The highest BCUT2D eigenvalue weighted by atomic mass is 127. The highest BCUT2D eigenvalue weighted by Crippen LogP contribution is 2.15. The number of benzene rings is 1. The summed E-state index contributed by atoms with van der Waals surface area (Å²) in [7, 11) is 0. The molecule has 0 bridgehead atoms. The summed E-state index contributed by atoms with van der Waals surface area (Å²) in [6.07, 6.45) is 0. The Morgan fingerprint density at radius 2 is 1.95 bits per heavy atom. The van der Waals surface area contributed by atoms with Crippen molar-refractivity contribution >= 4 is 51.4 Å². The Labute approximate surface area is 147 Å². The number of anilines is 1. The van der Waals surface area contributed by atoms with Crippen molar-refractivity contribution in [3.8, 4) is 0 Å². The molecule has 2 rings (SSSR count). The number of nitrogens with one attached hydrogen (secondary N) is 2. The average molecular weight is 428 g/mol. The molecule has 0 aliphatic carbocycles. The Hall–Kier alpha value is -1.41. The lowest BCUT2D eigenvalue weighted by molar-refractivity contribution is -0.118. The number of carbonyl (C=O) groups excluding carboxylic acids is 2. The van der Waals surface area contributed by atoms with Crippen LogP contribution < -0.4 is 10.6 Å². The molecule has 0 fully saturated rings. The van der Waals surface area contributed by atoms with Crippen LogP contribution in [0.3, 0.4) is 0 Å². The Morgan fingerprint density at radius 3 is 2.55 bits per heavy atom. The summed E-state index contributed by atoms with van der Waals surface area (Å²) in [5, 5.41) is 7.51. The second-order valence-corrected chi connectivity index (χ2v) is 7.37. The molecular weight excluding hydrogens is 411 g/mol. The molecule has 0 spiro atoms. The van der Waals surface area contributed by atoms with E-state index < -0.39 is 6.04 Å². The van der Waals surface area contributed by atoms with Crippen LogP contribution in [0, 0.1) is 9.49 Å². The third-order valence-electron chi connectivity index (χ3n) is 3.07. The zero-order chi connectivity index (χ0) is 16.1. The summed E-state index contributed by atoms with van der Waals surface area (Å²) >= 11 is 3.55. The summed E-state index contributed by atoms with van der Waals surface area (Å²) in [6, 6.07) is 10.5. The van der Waals surface area contributed by atoms with E-state index in [1.807, 2.05) is 49.6 Å². The number of thiophene rings is 1. The average Bonchev–Trinajstić information content (AvgIpc) is 2.98. The van der Waals surface area contributed by atoms with Crippen LogP contribution in [0.15, 0.2) is 41.8 Å². The molecule has 2 N–H and O–H groups in total. The lowest BCUT2D eigenvalue weighted by atomic mass is 10.0. The van der Waals surface area contributed by atoms with Gasteiger partial charge in [-0.15, -0.1) is 11.3 Å². The van der Waals surface area contributed by atoms with E-state index >= 15 is 0 Å². The van der Waals surface area contributed by atoms with E-state index in [2.05, 4.69) is 33.2 Å². The maximum absolute atomic E-state index is 12.4. The molecule has 1 unspecified atom stereocenters. The Kier molecular flexibility index (Phi) is 5.96. The highest BCUT2D eigenvalue weighted by molar-refractivity contribution is 14.1. The first kappa shape index (κ1) is 17.0. The van der Waals surface area contributed by atoms with E-state index in [9.17, 15) is 9.59 Å². The number of amides is 2. The summed E-state index contributed by atoms with van der Waals surface area (Å²) in [4.78, 5) is 25.2. The van der Waals surface area contributed by atoms with Crippen molar-refractivity contribution in [2.45, 2.75) is 19.9 Å². The second kappa shape index (κ2) is 7.73. The molecule has 0 saturated carbocycles. The van der Waals surface area contributed by atoms with Gasteiger partial charge >= 0.3 is 0 Å². The predicted octanol–water partition coefficient (Wildman–Crippen LogP) is 3.75. The zero-order valence-corrected chi connectivity index (χ0v) is 15.3. The van der Waals surface area contributed by atoms with Crippen LogP contribution in [0.25, 0.3) is 0 Å². The van der Waals surface area contributed by atoms with Gasteiger partial charge in [0.15, 0.2) is 0 Å². The van der Waals surface area contributed by atoms with Crippen LogP contribution in [0.4, 0.5) is 5.69 Å². The van der Waals surface area contributed by atoms with Crippen LogP contribution in [0.1, 0.15) is 23.5 Å². The molecule has 0 aliphatic rings. The lowest BCUT2D eigenvalue weighted by Crippen LogP contribution is -2.46. The fourth-order valence-corrected chi connectivity index (χ4v) is 3.11. The van der Waals surface area contributed by atoms with E-state index in [-0.39, 0.29) is 17.7 Å². The van der Waals surface area contributed by atoms with Gasteiger partial charge in [-0.25, -0.2) is 0 Å². The van der Waals surface area contributed by atoms with E-state index in [1.165, 1.54) is 11.3 Å². The summed E-state index contributed by atoms with van der Waals surface area (Å²) in [5.74, 6) is -0.430. The fourth-order valence-electron chi connectivity index (χ4n) is 1.94. The maximum Gasteiger partial charge on any atom is 0.262 e. The second-order valence-electron chi connectivity index (χ2n) is 5.17. The van der Waals surface area contributed by atoms with Crippen molar-refractivity contribution in [1.29, 1.82) is 0 Å². The summed E-state index contributed by atoms with van der Waals surface area (Å²) < 4.78 is 1.04. The SMILES string of the molecule is CC(C)C(NC(=O)c1cccs1)C(=O)Nc1cccc(I)c1. The topological polar surface area (TPSA) is 58.2 Å². The van der Waals surface area contributed by atoms with Crippen LogP contribution in [-0.4, -0.2) is 17.9 Å². The molecule has 2 amide bonds. The Morgan fingerprint density at radius 1 is 1.18 bits per heavy atom. The smallest absolute Gasteiger partial charge is 0.262 e. The van der Waals surface area contributed by atoms with Gasteiger partial charge in [-0.1, -0.05) is 26.0 Å². The zero-order valence-electron chi connectivity index (χ0n) is 12.3. The number of carbonyl (C=O) groups is 2. The monoisotopic (exact) mass is 428 g/mol. The van der Waals surface area contributed by atoms with Crippen molar-refractivity contribution in [1.82, 2.24) is 5.32 Å². The van der Waals surface area contributed by atoms with Crippen molar-refractivity contribution in [2.75, 3.05) is 5.32 Å². The number of halogens is 1. The van der Waals surface area contributed by atoms with Gasteiger partial charge in [0.25, 0.3) is 5.91 Å². The van der Waals surface area contributed by atoms with Crippen molar-refractivity contribution in [3.05, 3.63) is 50.2 Å². The van der Waals surface area contributed by atoms with E-state index in [0.29, 0.717) is 4.88 Å². The summed E-state index contributed by atoms with van der Waals surface area (Å²) in [6.45, 7) is 3.82. The molecule has 2 aromatic rings. The highest BCUT2D eigenvalue weighted by Gasteiger charge is 2.25. The third kappa shape index (κ3) is 4.54. The third-order valence-corrected chi connectivity index (χ3v) is 4.61. The van der Waals surface area contributed by atoms with Gasteiger partial charge in [-0.3, -0.25) is 9.59 Å². The van der Waals surface area contributed by atoms with Gasteiger partial charge < -0.3 is 10.6 Å². The van der Waals surface area contributed by atoms with Gasteiger partial charge in [-0.05, 0) is 58.2 Å². The van der Waals surface area contributed by atoms with Crippen molar-refractivity contribution < 1.29 is 9.59 Å². The predicted molar refractivity (Wildman–Crippen MR) is 98.2 cm³/mol. The van der Waals surface area contributed by atoms with Crippen molar-refractivity contribution in [3.63, 3.8) is 0 Å².